The van der Waals surface area contributed by atoms with Crippen LogP contribution in [0.3, 0.4) is 0 Å². The van der Waals surface area contributed by atoms with E-state index in [1.165, 1.54) is 0 Å². The van der Waals surface area contributed by atoms with Gasteiger partial charge < -0.3 is 15.3 Å². The molecule has 0 aromatic heterocycles. The Balaban J connectivity index is 1.70. The Morgan fingerprint density at radius 1 is 0.913 bits per heavy atom. The van der Waals surface area contributed by atoms with E-state index in [0.717, 1.165) is 32.1 Å². The van der Waals surface area contributed by atoms with Crippen LogP contribution < -0.4 is 0 Å². The van der Waals surface area contributed by atoms with Crippen molar-refractivity contribution in [1.82, 2.24) is 0 Å². The fraction of sp³-hybridized carbons (Fsp3) is 0.947. The number of carbonyl (C=O) groups is 1. The van der Waals surface area contributed by atoms with Crippen LogP contribution in [0.1, 0.15) is 58.8 Å². The quantitative estimate of drug-likeness (QED) is 0.636. The smallest absolute Gasteiger partial charge is 0.139 e. The SMILES string of the molecule is C[C@]12CC[C@H](O)C(O)[C@@H]1C(=O)C[C@@H]1[C@@H]2CC[C@]2(C)[C@@H](O)CC[C@@H]12. The van der Waals surface area contributed by atoms with Crippen molar-refractivity contribution in [2.45, 2.75) is 77.1 Å². The summed E-state index contributed by atoms with van der Waals surface area (Å²) in [6.07, 6.45) is 4.02. The first kappa shape index (κ1) is 16.0. The highest BCUT2D eigenvalue weighted by molar-refractivity contribution is 5.84. The maximum atomic E-state index is 12.9. The Kier molecular flexibility index (Phi) is 3.51. The zero-order valence-corrected chi connectivity index (χ0v) is 14.2. The molecular formula is C19H30O4. The molecule has 4 fully saturated rings. The number of carbonyl (C=O) groups excluding carboxylic acids is 1. The van der Waals surface area contributed by atoms with Crippen LogP contribution in [0.5, 0.6) is 0 Å². The Morgan fingerprint density at radius 3 is 2.30 bits per heavy atom. The lowest BCUT2D eigenvalue weighted by atomic mass is 9.44. The predicted octanol–water partition coefficient (Wildman–Crippen LogP) is 1.90. The van der Waals surface area contributed by atoms with Gasteiger partial charge in [0.15, 0.2) is 0 Å². The molecule has 130 valence electrons. The average molecular weight is 322 g/mol. The molecule has 0 bridgehead atoms. The summed E-state index contributed by atoms with van der Waals surface area (Å²) in [5.74, 6) is 0.966. The summed E-state index contributed by atoms with van der Waals surface area (Å²) in [5, 5.41) is 31.0. The third-order valence-electron chi connectivity index (χ3n) is 8.44. The Morgan fingerprint density at radius 2 is 1.57 bits per heavy atom. The molecule has 0 aromatic rings. The average Bonchev–Trinajstić information content (AvgIpc) is 2.79. The van der Waals surface area contributed by atoms with Crippen molar-refractivity contribution in [2.75, 3.05) is 0 Å². The molecule has 0 saturated heterocycles. The van der Waals surface area contributed by atoms with E-state index in [-0.39, 0.29) is 22.7 Å². The van der Waals surface area contributed by atoms with Gasteiger partial charge in [-0.3, -0.25) is 4.79 Å². The van der Waals surface area contributed by atoms with Gasteiger partial charge in [0.1, 0.15) is 5.78 Å². The van der Waals surface area contributed by atoms with Gasteiger partial charge in [-0.05, 0) is 67.1 Å². The molecule has 1 unspecified atom stereocenters. The number of aliphatic hydroxyl groups is 3. The topological polar surface area (TPSA) is 77.8 Å². The van der Waals surface area contributed by atoms with Crippen LogP contribution in [0.25, 0.3) is 0 Å². The summed E-state index contributed by atoms with van der Waals surface area (Å²) in [6, 6.07) is 0. The number of hydrogen-bond acceptors (Lipinski definition) is 4. The van der Waals surface area contributed by atoms with Gasteiger partial charge >= 0.3 is 0 Å². The summed E-state index contributed by atoms with van der Waals surface area (Å²) < 4.78 is 0. The fourth-order valence-corrected chi connectivity index (χ4v) is 7.09. The second-order valence-electron chi connectivity index (χ2n) is 9.27. The van der Waals surface area contributed by atoms with Crippen LogP contribution in [0.2, 0.25) is 0 Å². The molecule has 4 heteroatoms. The van der Waals surface area contributed by atoms with Gasteiger partial charge in [0.2, 0.25) is 0 Å². The molecule has 0 aromatic carbocycles. The van der Waals surface area contributed by atoms with Gasteiger partial charge in [-0.1, -0.05) is 13.8 Å². The highest BCUT2D eigenvalue weighted by atomic mass is 16.3. The lowest BCUT2D eigenvalue weighted by Crippen LogP contribution is -2.61. The third kappa shape index (κ3) is 1.98. The molecule has 3 N–H and O–H groups in total. The Bertz CT molecular complexity index is 519. The third-order valence-corrected chi connectivity index (χ3v) is 8.44. The first-order chi connectivity index (χ1) is 10.8. The van der Waals surface area contributed by atoms with Crippen LogP contribution in [-0.4, -0.2) is 39.4 Å². The van der Waals surface area contributed by atoms with E-state index in [2.05, 4.69) is 13.8 Å². The minimum Gasteiger partial charge on any atom is -0.393 e. The van der Waals surface area contributed by atoms with Gasteiger partial charge in [0, 0.05) is 6.42 Å². The number of rotatable bonds is 0. The van der Waals surface area contributed by atoms with E-state index in [4.69, 9.17) is 0 Å². The van der Waals surface area contributed by atoms with E-state index >= 15 is 0 Å². The molecule has 0 heterocycles. The maximum Gasteiger partial charge on any atom is 0.139 e. The van der Waals surface area contributed by atoms with E-state index in [1.807, 2.05) is 0 Å². The van der Waals surface area contributed by atoms with Crippen molar-refractivity contribution >= 4 is 5.78 Å². The zero-order valence-electron chi connectivity index (χ0n) is 14.2. The zero-order chi connectivity index (χ0) is 16.6. The molecule has 4 aliphatic rings. The molecule has 0 amide bonds. The highest BCUT2D eigenvalue weighted by Gasteiger charge is 2.63. The monoisotopic (exact) mass is 322 g/mol. The Labute approximate surface area is 138 Å². The molecule has 4 nitrogen and oxygen atoms in total. The second-order valence-corrected chi connectivity index (χ2v) is 9.27. The summed E-state index contributed by atoms with van der Waals surface area (Å²) in [7, 11) is 0. The van der Waals surface area contributed by atoms with Gasteiger partial charge in [-0.15, -0.1) is 0 Å². The van der Waals surface area contributed by atoms with Gasteiger partial charge in [0.05, 0.1) is 24.2 Å². The summed E-state index contributed by atoms with van der Waals surface area (Å²) in [6.45, 7) is 4.39. The number of ketones is 1. The molecular weight excluding hydrogens is 292 g/mol. The molecule has 4 aliphatic carbocycles. The van der Waals surface area contributed by atoms with Crippen molar-refractivity contribution in [3.05, 3.63) is 0 Å². The molecule has 0 radical (unpaired) electrons. The van der Waals surface area contributed by atoms with E-state index in [9.17, 15) is 20.1 Å². The first-order valence-corrected chi connectivity index (χ1v) is 9.36. The van der Waals surface area contributed by atoms with Gasteiger partial charge in [-0.25, -0.2) is 0 Å². The maximum absolute atomic E-state index is 12.9. The van der Waals surface area contributed by atoms with Crippen molar-refractivity contribution in [1.29, 1.82) is 0 Å². The summed E-state index contributed by atoms with van der Waals surface area (Å²) in [4.78, 5) is 12.9. The van der Waals surface area contributed by atoms with E-state index in [0.29, 0.717) is 30.6 Å². The van der Waals surface area contributed by atoms with Crippen molar-refractivity contribution < 1.29 is 20.1 Å². The minimum atomic E-state index is -0.898. The van der Waals surface area contributed by atoms with Crippen LogP contribution in [0, 0.1) is 34.5 Å². The molecule has 9 atom stereocenters. The fourth-order valence-electron chi connectivity index (χ4n) is 7.09. The predicted molar refractivity (Wildman–Crippen MR) is 85.5 cm³/mol. The molecule has 4 saturated carbocycles. The lowest BCUT2D eigenvalue weighted by Gasteiger charge is -2.60. The molecule has 23 heavy (non-hydrogen) atoms. The summed E-state index contributed by atoms with van der Waals surface area (Å²) >= 11 is 0. The van der Waals surface area contributed by atoms with Crippen LogP contribution in [-0.2, 0) is 4.79 Å². The normalized spacial score (nSPS) is 59.2. The molecule has 4 rings (SSSR count). The van der Waals surface area contributed by atoms with E-state index < -0.39 is 18.1 Å². The Hall–Kier alpha value is -0.450. The first-order valence-electron chi connectivity index (χ1n) is 9.36. The van der Waals surface area contributed by atoms with Crippen molar-refractivity contribution in [3.8, 4) is 0 Å². The van der Waals surface area contributed by atoms with Gasteiger partial charge in [-0.2, -0.15) is 0 Å². The van der Waals surface area contributed by atoms with Crippen molar-refractivity contribution in [3.63, 3.8) is 0 Å². The van der Waals surface area contributed by atoms with Crippen LogP contribution in [0.15, 0.2) is 0 Å². The lowest BCUT2D eigenvalue weighted by molar-refractivity contribution is -0.184. The second kappa shape index (κ2) is 5.03. The number of aliphatic hydroxyl groups excluding tert-OH is 3. The molecule has 0 aliphatic heterocycles. The largest absolute Gasteiger partial charge is 0.393 e. The number of hydrogen-bond donors (Lipinski definition) is 3. The number of Topliss-reactive ketones (excluding diaryl/α,β-unsaturated/α-hetero) is 1. The van der Waals surface area contributed by atoms with Crippen LogP contribution >= 0.6 is 0 Å². The number of fused-ring (bicyclic) bond motifs is 5. The van der Waals surface area contributed by atoms with Gasteiger partial charge in [0.25, 0.3) is 0 Å². The standard InChI is InChI=1S/C19H30O4/c1-18-7-5-12-10(11(18)3-4-15(18)22)9-14(21)16-17(23)13(20)6-8-19(12,16)2/h10-13,15-17,20,22-23H,3-9H2,1-2H3/t10-,11-,12-,13-,15-,16-,17?,18-,19+/m0/s1. The van der Waals surface area contributed by atoms with Crippen LogP contribution in [0.4, 0.5) is 0 Å². The summed E-state index contributed by atoms with van der Waals surface area (Å²) in [5.41, 5.74) is -0.217. The minimum absolute atomic E-state index is 0.0303. The van der Waals surface area contributed by atoms with E-state index in [1.54, 1.807) is 0 Å². The highest BCUT2D eigenvalue weighted by Crippen LogP contribution is 2.65. The molecule has 0 spiro atoms. The van der Waals surface area contributed by atoms with Crippen molar-refractivity contribution in [2.24, 2.45) is 34.5 Å².